The molecule has 1 aliphatic rings. The third-order valence-electron chi connectivity index (χ3n) is 3.22. The van der Waals surface area contributed by atoms with E-state index in [-0.39, 0.29) is 5.54 Å². The molecule has 0 saturated carbocycles. The van der Waals surface area contributed by atoms with Crippen molar-refractivity contribution in [2.75, 3.05) is 13.1 Å². The molecule has 0 radical (unpaired) electrons. The summed E-state index contributed by atoms with van der Waals surface area (Å²) in [6.45, 7) is 7.14. The van der Waals surface area contributed by atoms with Gasteiger partial charge in [-0.25, -0.2) is 0 Å². The maximum atomic E-state index is 6.21. The number of nitrogens with two attached hydrogens (primary N) is 1. The molecule has 0 aliphatic carbocycles. The Kier molecular flexibility index (Phi) is 2.52. The van der Waals surface area contributed by atoms with Crippen LogP contribution in [0.4, 0.5) is 0 Å². The molecule has 0 atom stereocenters. The summed E-state index contributed by atoms with van der Waals surface area (Å²) in [4.78, 5) is 2.31. The molecule has 0 spiro atoms. The van der Waals surface area contributed by atoms with Crippen molar-refractivity contribution in [3.63, 3.8) is 0 Å². The first-order valence-corrected chi connectivity index (χ1v) is 5.36. The normalized spacial score (nSPS) is 20.6. The van der Waals surface area contributed by atoms with Gasteiger partial charge in [-0.2, -0.15) is 0 Å². The lowest BCUT2D eigenvalue weighted by Crippen LogP contribution is -2.69. The Balaban J connectivity index is 1.86. The first-order valence-electron chi connectivity index (χ1n) is 5.36. The average molecular weight is 209 g/mol. The van der Waals surface area contributed by atoms with E-state index in [2.05, 4.69) is 29.1 Å². The monoisotopic (exact) mass is 209 g/mol. The van der Waals surface area contributed by atoms with Crippen LogP contribution in [0.1, 0.15) is 19.5 Å². The second-order valence-electron chi connectivity index (χ2n) is 4.92. The molecule has 1 aromatic heterocycles. The molecule has 5 nitrogen and oxygen atoms in total. The van der Waals surface area contributed by atoms with Crippen LogP contribution in [0.2, 0.25) is 0 Å². The SMILES string of the molecule is CC(C)C1(N)CN(Cc2cn(C)nn2)C1. The second-order valence-corrected chi connectivity index (χ2v) is 4.92. The molecule has 1 aliphatic heterocycles. The average Bonchev–Trinajstić information content (AvgIpc) is 2.48. The largest absolute Gasteiger partial charge is 0.323 e. The van der Waals surface area contributed by atoms with Gasteiger partial charge in [-0.15, -0.1) is 5.10 Å². The third-order valence-corrected chi connectivity index (χ3v) is 3.22. The van der Waals surface area contributed by atoms with Gasteiger partial charge in [0.15, 0.2) is 0 Å². The van der Waals surface area contributed by atoms with Crippen molar-refractivity contribution in [1.82, 2.24) is 19.9 Å². The number of likely N-dealkylation sites (tertiary alicyclic amines) is 1. The first-order chi connectivity index (χ1) is 6.99. The van der Waals surface area contributed by atoms with Gasteiger partial charge >= 0.3 is 0 Å². The summed E-state index contributed by atoms with van der Waals surface area (Å²) in [5, 5.41) is 7.97. The van der Waals surface area contributed by atoms with E-state index < -0.39 is 0 Å². The molecule has 0 unspecified atom stereocenters. The molecule has 2 N–H and O–H groups in total. The van der Waals surface area contributed by atoms with Crippen molar-refractivity contribution in [2.45, 2.75) is 25.9 Å². The van der Waals surface area contributed by atoms with Crippen LogP contribution in [0.25, 0.3) is 0 Å². The van der Waals surface area contributed by atoms with E-state index in [0.29, 0.717) is 5.92 Å². The summed E-state index contributed by atoms with van der Waals surface area (Å²) in [5.74, 6) is 0.538. The summed E-state index contributed by atoms with van der Waals surface area (Å²) in [6.07, 6.45) is 1.95. The van der Waals surface area contributed by atoms with Gasteiger partial charge in [-0.1, -0.05) is 19.1 Å². The van der Waals surface area contributed by atoms with Gasteiger partial charge in [0.05, 0.1) is 5.69 Å². The molecule has 1 saturated heterocycles. The van der Waals surface area contributed by atoms with Crippen LogP contribution < -0.4 is 5.73 Å². The minimum absolute atomic E-state index is 0.00219. The summed E-state index contributed by atoms with van der Waals surface area (Å²) in [5.41, 5.74) is 7.23. The minimum atomic E-state index is 0.00219. The Morgan fingerprint density at radius 1 is 1.53 bits per heavy atom. The zero-order chi connectivity index (χ0) is 11.1. The van der Waals surface area contributed by atoms with E-state index in [1.807, 2.05) is 13.2 Å². The van der Waals surface area contributed by atoms with Crippen molar-refractivity contribution >= 4 is 0 Å². The topological polar surface area (TPSA) is 60.0 Å². The van der Waals surface area contributed by atoms with Gasteiger partial charge in [0.1, 0.15) is 0 Å². The molecule has 1 aromatic rings. The van der Waals surface area contributed by atoms with E-state index >= 15 is 0 Å². The molecular formula is C10H19N5. The van der Waals surface area contributed by atoms with E-state index in [1.165, 1.54) is 0 Å². The highest BCUT2D eigenvalue weighted by Gasteiger charge is 2.41. The number of nitrogens with zero attached hydrogens (tertiary/aromatic N) is 4. The molecule has 0 bridgehead atoms. The fourth-order valence-corrected chi connectivity index (χ4v) is 1.96. The Labute approximate surface area is 90.2 Å². The molecule has 0 amide bonds. The lowest BCUT2D eigenvalue weighted by Gasteiger charge is -2.50. The molecule has 84 valence electrons. The highest BCUT2D eigenvalue weighted by molar-refractivity contribution is 5.04. The van der Waals surface area contributed by atoms with Crippen LogP contribution in [0, 0.1) is 5.92 Å². The van der Waals surface area contributed by atoms with Crippen LogP contribution in [0.5, 0.6) is 0 Å². The Hall–Kier alpha value is -0.940. The minimum Gasteiger partial charge on any atom is -0.323 e. The lowest BCUT2D eigenvalue weighted by atomic mass is 9.80. The number of aryl methyl sites for hydroxylation is 1. The molecule has 1 fully saturated rings. The van der Waals surface area contributed by atoms with Crippen LogP contribution >= 0.6 is 0 Å². The Bertz CT molecular complexity index is 337. The van der Waals surface area contributed by atoms with Crippen LogP contribution in [0.3, 0.4) is 0 Å². The third kappa shape index (κ3) is 2.03. The number of hydrogen-bond donors (Lipinski definition) is 1. The number of aromatic nitrogens is 3. The molecule has 15 heavy (non-hydrogen) atoms. The summed E-state index contributed by atoms with van der Waals surface area (Å²) >= 11 is 0. The smallest absolute Gasteiger partial charge is 0.0967 e. The Morgan fingerprint density at radius 2 is 2.20 bits per heavy atom. The molecule has 5 heteroatoms. The van der Waals surface area contributed by atoms with Crippen molar-refractivity contribution in [1.29, 1.82) is 0 Å². The van der Waals surface area contributed by atoms with Crippen LogP contribution in [-0.4, -0.2) is 38.5 Å². The number of hydrogen-bond acceptors (Lipinski definition) is 4. The predicted molar refractivity (Wildman–Crippen MR) is 58.0 cm³/mol. The second kappa shape index (κ2) is 3.57. The number of rotatable bonds is 3. The van der Waals surface area contributed by atoms with Gasteiger partial charge in [-0.05, 0) is 5.92 Å². The maximum Gasteiger partial charge on any atom is 0.0967 e. The fourth-order valence-electron chi connectivity index (χ4n) is 1.96. The lowest BCUT2D eigenvalue weighted by molar-refractivity contribution is 0.0304. The quantitative estimate of drug-likeness (QED) is 0.760. The van der Waals surface area contributed by atoms with Gasteiger partial charge in [-0.3, -0.25) is 9.58 Å². The zero-order valence-corrected chi connectivity index (χ0v) is 9.64. The molecule has 0 aromatic carbocycles. The highest BCUT2D eigenvalue weighted by atomic mass is 15.4. The predicted octanol–water partition coefficient (Wildman–Crippen LogP) is -0.0158. The van der Waals surface area contributed by atoms with Crippen molar-refractivity contribution in [2.24, 2.45) is 18.7 Å². The van der Waals surface area contributed by atoms with Gasteiger partial charge in [0, 0.05) is 38.4 Å². The van der Waals surface area contributed by atoms with E-state index in [9.17, 15) is 0 Å². The van der Waals surface area contributed by atoms with E-state index in [4.69, 9.17) is 5.73 Å². The van der Waals surface area contributed by atoms with Gasteiger partial charge < -0.3 is 5.73 Å². The van der Waals surface area contributed by atoms with E-state index in [1.54, 1.807) is 4.68 Å². The van der Waals surface area contributed by atoms with Crippen LogP contribution in [0.15, 0.2) is 6.20 Å². The maximum absolute atomic E-state index is 6.21. The van der Waals surface area contributed by atoms with Crippen molar-refractivity contribution < 1.29 is 0 Å². The van der Waals surface area contributed by atoms with Gasteiger partial charge in [0.2, 0.25) is 0 Å². The van der Waals surface area contributed by atoms with Crippen molar-refractivity contribution in [3.8, 4) is 0 Å². The van der Waals surface area contributed by atoms with E-state index in [0.717, 1.165) is 25.3 Å². The molecular weight excluding hydrogens is 190 g/mol. The first kappa shape index (κ1) is 10.6. The highest BCUT2D eigenvalue weighted by Crippen LogP contribution is 2.26. The summed E-state index contributed by atoms with van der Waals surface area (Å²) in [7, 11) is 1.88. The standard InChI is InChI=1S/C10H19N5/c1-8(2)10(11)6-15(7-10)5-9-4-14(3)13-12-9/h4,8H,5-7,11H2,1-3H3. The summed E-state index contributed by atoms with van der Waals surface area (Å²) in [6, 6.07) is 0. The fraction of sp³-hybridized carbons (Fsp3) is 0.800. The van der Waals surface area contributed by atoms with Crippen molar-refractivity contribution in [3.05, 3.63) is 11.9 Å². The zero-order valence-electron chi connectivity index (χ0n) is 9.64. The van der Waals surface area contributed by atoms with Crippen LogP contribution in [-0.2, 0) is 13.6 Å². The van der Waals surface area contributed by atoms with Gasteiger partial charge in [0.25, 0.3) is 0 Å². The summed E-state index contributed by atoms with van der Waals surface area (Å²) < 4.78 is 1.73. The molecule has 2 rings (SSSR count). The Morgan fingerprint density at radius 3 is 2.67 bits per heavy atom. The molecule has 2 heterocycles.